The Bertz CT molecular complexity index is 549. The van der Waals surface area contributed by atoms with Crippen LogP contribution in [0.15, 0.2) is 23.1 Å². The Morgan fingerprint density at radius 3 is 2.44 bits per heavy atom. The molecule has 0 radical (unpaired) electrons. The van der Waals surface area contributed by atoms with Gasteiger partial charge in [0.05, 0.1) is 17.1 Å². The van der Waals surface area contributed by atoms with Crippen molar-refractivity contribution >= 4 is 21.5 Å². The first kappa shape index (κ1) is 14.5. The number of anilines is 1. The highest BCUT2D eigenvalue weighted by Crippen LogP contribution is 2.17. The van der Waals surface area contributed by atoms with Gasteiger partial charge in [-0.15, -0.1) is 0 Å². The number of benzene rings is 1. The van der Waals surface area contributed by atoms with Crippen molar-refractivity contribution in [2.75, 3.05) is 18.6 Å². The minimum absolute atomic E-state index is 0.0130. The number of hydrogen-bond acceptors (Lipinski definition) is 5. The quantitative estimate of drug-likeness (QED) is 0.662. The lowest BCUT2D eigenvalue weighted by Gasteiger charge is -2.09. The van der Waals surface area contributed by atoms with Crippen LogP contribution >= 0.6 is 0 Å². The molecule has 0 aromatic heterocycles. The van der Waals surface area contributed by atoms with E-state index in [0.29, 0.717) is 0 Å². The summed E-state index contributed by atoms with van der Waals surface area (Å²) >= 11 is 0. The van der Waals surface area contributed by atoms with Gasteiger partial charge in [0, 0.05) is 11.9 Å². The van der Waals surface area contributed by atoms with Crippen molar-refractivity contribution in [1.82, 2.24) is 0 Å². The van der Waals surface area contributed by atoms with E-state index in [2.05, 4.69) is 0 Å². The van der Waals surface area contributed by atoms with Gasteiger partial charge in [-0.2, -0.15) is 0 Å². The second kappa shape index (κ2) is 5.39. The highest BCUT2D eigenvalue weighted by atomic mass is 32.2. The number of rotatable bonds is 4. The van der Waals surface area contributed by atoms with E-state index in [9.17, 15) is 13.2 Å². The number of nitrogen functional groups attached to an aromatic ring is 1. The summed E-state index contributed by atoms with van der Waals surface area (Å²) in [6, 6.07) is 3.99. The smallest absolute Gasteiger partial charge is 0.338 e. The van der Waals surface area contributed by atoms with Gasteiger partial charge in [0.15, 0.2) is 9.84 Å². The molecule has 6 heteroatoms. The van der Waals surface area contributed by atoms with E-state index >= 15 is 0 Å². The Kier molecular flexibility index (Phi) is 4.34. The SMILES string of the molecule is CC(C)COC(=O)c1cc(N)cc(S(C)(=O)=O)c1. The molecular weight excluding hydrogens is 254 g/mol. The first-order chi connectivity index (χ1) is 8.20. The van der Waals surface area contributed by atoms with E-state index in [0.717, 1.165) is 6.26 Å². The third kappa shape index (κ3) is 4.03. The van der Waals surface area contributed by atoms with Gasteiger partial charge in [0.2, 0.25) is 0 Å². The molecule has 0 atom stereocenters. The van der Waals surface area contributed by atoms with Crippen LogP contribution in [0, 0.1) is 5.92 Å². The molecule has 1 rings (SSSR count). The average molecular weight is 271 g/mol. The van der Waals surface area contributed by atoms with Crippen molar-refractivity contribution in [3.8, 4) is 0 Å². The fourth-order valence-corrected chi connectivity index (χ4v) is 1.97. The summed E-state index contributed by atoms with van der Waals surface area (Å²) < 4.78 is 27.9. The van der Waals surface area contributed by atoms with E-state index in [-0.39, 0.29) is 28.7 Å². The van der Waals surface area contributed by atoms with Crippen molar-refractivity contribution in [1.29, 1.82) is 0 Å². The summed E-state index contributed by atoms with van der Waals surface area (Å²) in [6.07, 6.45) is 1.06. The van der Waals surface area contributed by atoms with E-state index in [1.165, 1.54) is 18.2 Å². The topological polar surface area (TPSA) is 86.5 Å². The average Bonchev–Trinajstić information content (AvgIpc) is 2.23. The standard InChI is InChI=1S/C12H17NO4S/c1-8(2)7-17-12(14)9-4-10(13)6-11(5-9)18(3,15)16/h4-6,8H,7,13H2,1-3H3. The summed E-state index contributed by atoms with van der Waals surface area (Å²) in [4.78, 5) is 11.7. The van der Waals surface area contributed by atoms with Crippen LogP contribution in [0.3, 0.4) is 0 Å². The van der Waals surface area contributed by atoms with Crippen LogP contribution in [0.2, 0.25) is 0 Å². The van der Waals surface area contributed by atoms with Gasteiger partial charge >= 0.3 is 5.97 Å². The summed E-state index contributed by atoms with van der Waals surface area (Å²) in [5.41, 5.74) is 5.94. The zero-order chi connectivity index (χ0) is 13.9. The lowest BCUT2D eigenvalue weighted by molar-refractivity contribution is 0.0458. The van der Waals surface area contributed by atoms with E-state index in [1.807, 2.05) is 13.8 Å². The molecule has 5 nitrogen and oxygen atoms in total. The number of hydrogen-bond donors (Lipinski definition) is 1. The second-order valence-electron chi connectivity index (χ2n) is 4.56. The Balaban J connectivity index is 3.03. The fourth-order valence-electron chi connectivity index (χ4n) is 1.28. The normalized spacial score (nSPS) is 11.6. The Morgan fingerprint density at radius 1 is 1.33 bits per heavy atom. The third-order valence-corrected chi connectivity index (χ3v) is 3.23. The van der Waals surface area contributed by atoms with Crippen molar-refractivity contribution < 1.29 is 17.9 Å². The van der Waals surface area contributed by atoms with Crippen LogP contribution in [0.1, 0.15) is 24.2 Å². The molecule has 1 aromatic carbocycles. The second-order valence-corrected chi connectivity index (χ2v) is 6.57. The van der Waals surface area contributed by atoms with Crippen LogP contribution in [0.4, 0.5) is 5.69 Å². The number of ether oxygens (including phenoxy) is 1. The largest absolute Gasteiger partial charge is 0.462 e. The number of carbonyl (C=O) groups excluding carboxylic acids is 1. The molecule has 0 amide bonds. The minimum Gasteiger partial charge on any atom is -0.462 e. The van der Waals surface area contributed by atoms with Crippen molar-refractivity contribution in [3.63, 3.8) is 0 Å². The van der Waals surface area contributed by atoms with Crippen molar-refractivity contribution in [2.45, 2.75) is 18.7 Å². The molecule has 0 aliphatic rings. The first-order valence-electron chi connectivity index (χ1n) is 5.48. The predicted octanol–water partition coefficient (Wildman–Crippen LogP) is 1.49. The molecule has 100 valence electrons. The maximum Gasteiger partial charge on any atom is 0.338 e. The minimum atomic E-state index is -3.40. The molecule has 0 saturated carbocycles. The van der Waals surface area contributed by atoms with Gasteiger partial charge in [0.1, 0.15) is 0 Å². The molecule has 0 unspecified atom stereocenters. The molecule has 0 saturated heterocycles. The molecule has 0 spiro atoms. The molecule has 1 aromatic rings. The number of carbonyl (C=O) groups is 1. The highest BCUT2D eigenvalue weighted by Gasteiger charge is 2.14. The zero-order valence-corrected chi connectivity index (χ0v) is 11.5. The van der Waals surface area contributed by atoms with E-state index < -0.39 is 15.8 Å². The molecule has 0 aliphatic heterocycles. The highest BCUT2D eigenvalue weighted by molar-refractivity contribution is 7.90. The van der Waals surface area contributed by atoms with Gasteiger partial charge in [-0.1, -0.05) is 13.8 Å². The van der Waals surface area contributed by atoms with Crippen LogP contribution in [0.25, 0.3) is 0 Å². The van der Waals surface area contributed by atoms with Crippen LogP contribution in [-0.2, 0) is 14.6 Å². The summed E-state index contributed by atoms with van der Waals surface area (Å²) in [7, 11) is -3.40. The fraction of sp³-hybridized carbons (Fsp3) is 0.417. The Morgan fingerprint density at radius 2 is 1.94 bits per heavy atom. The van der Waals surface area contributed by atoms with Crippen LogP contribution < -0.4 is 5.73 Å². The maximum absolute atomic E-state index is 11.7. The third-order valence-electron chi connectivity index (χ3n) is 2.14. The van der Waals surface area contributed by atoms with Gasteiger partial charge < -0.3 is 10.5 Å². The molecule has 2 N–H and O–H groups in total. The van der Waals surface area contributed by atoms with Crippen LogP contribution in [0.5, 0.6) is 0 Å². The number of nitrogens with two attached hydrogens (primary N) is 1. The van der Waals surface area contributed by atoms with Crippen LogP contribution in [-0.4, -0.2) is 27.2 Å². The summed E-state index contributed by atoms with van der Waals surface area (Å²) in [5, 5.41) is 0. The van der Waals surface area contributed by atoms with E-state index in [1.54, 1.807) is 0 Å². The Labute approximate surface area is 107 Å². The molecule has 18 heavy (non-hydrogen) atoms. The number of sulfone groups is 1. The monoisotopic (exact) mass is 271 g/mol. The van der Waals surface area contributed by atoms with Gasteiger partial charge in [0.25, 0.3) is 0 Å². The van der Waals surface area contributed by atoms with Crippen molar-refractivity contribution in [2.24, 2.45) is 5.92 Å². The first-order valence-corrected chi connectivity index (χ1v) is 7.37. The summed E-state index contributed by atoms with van der Waals surface area (Å²) in [6.45, 7) is 4.10. The van der Waals surface area contributed by atoms with Gasteiger partial charge in [-0.3, -0.25) is 0 Å². The molecular formula is C12H17NO4S. The molecule has 0 heterocycles. The number of esters is 1. The molecule has 0 fully saturated rings. The van der Waals surface area contributed by atoms with Gasteiger partial charge in [-0.25, -0.2) is 13.2 Å². The molecule has 0 bridgehead atoms. The molecule has 0 aliphatic carbocycles. The Hall–Kier alpha value is -1.56. The lowest BCUT2D eigenvalue weighted by atomic mass is 10.2. The lowest BCUT2D eigenvalue weighted by Crippen LogP contribution is -2.11. The van der Waals surface area contributed by atoms with E-state index in [4.69, 9.17) is 10.5 Å². The maximum atomic E-state index is 11.7. The predicted molar refractivity (Wildman–Crippen MR) is 69.1 cm³/mol. The summed E-state index contributed by atoms with van der Waals surface area (Å²) in [5.74, 6) is -0.356. The van der Waals surface area contributed by atoms with Crippen molar-refractivity contribution in [3.05, 3.63) is 23.8 Å². The zero-order valence-electron chi connectivity index (χ0n) is 10.6. The van der Waals surface area contributed by atoms with Gasteiger partial charge in [-0.05, 0) is 24.1 Å².